The van der Waals surface area contributed by atoms with Gasteiger partial charge in [-0.25, -0.2) is 4.98 Å². The fraction of sp³-hybridized carbons (Fsp3) is 0.263. The van der Waals surface area contributed by atoms with Crippen LogP contribution in [0.4, 0.5) is 5.69 Å². The molecule has 0 saturated carbocycles. The maximum atomic E-state index is 12.1. The van der Waals surface area contributed by atoms with Crippen LogP contribution < -0.4 is 0 Å². The van der Waals surface area contributed by atoms with Crippen molar-refractivity contribution in [2.75, 3.05) is 0 Å². The first kappa shape index (κ1) is 18.0. The predicted molar refractivity (Wildman–Crippen MR) is 100 cm³/mol. The Hall–Kier alpha value is -2.80. The Labute approximate surface area is 154 Å². The van der Waals surface area contributed by atoms with Crippen LogP contribution >= 0.6 is 11.3 Å². The highest BCUT2D eigenvalue weighted by molar-refractivity contribution is 7.18. The van der Waals surface area contributed by atoms with Gasteiger partial charge in [-0.1, -0.05) is 24.3 Å². The number of hydrogen-bond acceptors (Lipinski definition) is 6. The molecule has 0 bridgehead atoms. The molecule has 0 aliphatic carbocycles. The molecule has 1 unspecified atom stereocenters. The van der Waals surface area contributed by atoms with Crippen molar-refractivity contribution in [1.82, 2.24) is 4.98 Å². The lowest BCUT2D eigenvalue weighted by Gasteiger charge is -2.13. The molecule has 7 heteroatoms. The van der Waals surface area contributed by atoms with Crippen molar-refractivity contribution in [2.45, 2.75) is 32.3 Å². The zero-order valence-corrected chi connectivity index (χ0v) is 15.1. The third-order valence-corrected chi connectivity index (χ3v) is 5.09. The van der Waals surface area contributed by atoms with E-state index in [4.69, 9.17) is 4.74 Å². The molecule has 0 spiro atoms. The molecule has 0 aliphatic rings. The van der Waals surface area contributed by atoms with E-state index in [2.05, 4.69) is 4.98 Å². The first-order valence-electron chi connectivity index (χ1n) is 8.32. The lowest BCUT2D eigenvalue weighted by molar-refractivity contribution is -0.386. The van der Waals surface area contributed by atoms with E-state index in [0.717, 1.165) is 15.2 Å². The van der Waals surface area contributed by atoms with E-state index < -0.39 is 11.0 Å². The zero-order valence-electron chi connectivity index (χ0n) is 14.3. The normalized spacial score (nSPS) is 12.0. The SMILES string of the molecule is CC(OC(=O)CCCc1nc2ccccc2s1)c1ccccc1[N+](=O)[O-]. The van der Waals surface area contributed by atoms with Crippen LogP contribution in [0.2, 0.25) is 0 Å². The van der Waals surface area contributed by atoms with Gasteiger partial charge in [0.05, 0.1) is 25.7 Å². The number of thiazole rings is 1. The summed E-state index contributed by atoms with van der Waals surface area (Å²) in [5.74, 6) is -0.364. The van der Waals surface area contributed by atoms with Crippen LogP contribution in [0.25, 0.3) is 10.2 Å². The number of esters is 1. The smallest absolute Gasteiger partial charge is 0.306 e. The van der Waals surface area contributed by atoms with Crippen LogP contribution in [0, 0.1) is 10.1 Å². The molecule has 1 atom stereocenters. The summed E-state index contributed by atoms with van der Waals surface area (Å²) in [6.45, 7) is 1.65. The van der Waals surface area contributed by atoms with Gasteiger partial charge in [-0.05, 0) is 38.0 Å². The van der Waals surface area contributed by atoms with Gasteiger partial charge in [-0.15, -0.1) is 11.3 Å². The third kappa shape index (κ3) is 4.23. The monoisotopic (exact) mass is 370 g/mol. The van der Waals surface area contributed by atoms with Crippen LogP contribution in [0.5, 0.6) is 0 Å². The number of aryl methyl sites for hydroxylation is 1. The van der Waals surface area contributed by atoms with E-state index in [-0.39, 0.29) is 18.1 Å². The van der Waals surface area contributed by atoms with Crippen LogP contribution in [0.3, 0.4) is 0 Å². The highest BCUT2D eigenvalue weighted by Crippen LogP contribution is 2.27. The van der Waals surface area contributed by atoms with Crippen molar-refractivity contribution in [1.29, 1.82) is 0 Å². The fourth-order valence-corrected chi connectivity index (χ4v) is 3.74. The maximum absolute atomic E-state index is 12.1. The number of nitro benzene ring substituents is 1. The van der Waals surface area contributed by atoms with E-state index in [0.29, 0.717) is 18.4 Å². The van der Waals surface area contributed by atoms with Crippen molar-refractivity contribution in [3.8, 4) is 0 Å². The Bertz CT molecular complexity index is 905. The Morgan fingerprint density at radius 2 is 1.96 bits per heavy atom. The van der Waals surface area contributed by atoms with Gasteiger partial charge in [0.1, 0.15) is 6.10 Å². The van der Waals surface area contributed by atoms with Crippen molar-refractivity contribution in [3.05, 3.63) is 69.2 Å². The molecular formula is C19H18N2O4S. The molecule has 3 aromatic rings. The summed E-state index contributed by atoms with van der Waals surface area (Å²) >= 11 is 1.63. The summed E-state index contributed by atoms with van der Waals surface area (Å²) in [6, 6.07) is 14.2. The summed E-state index contributed by atoms with van der Waals surface area (Å²) in [4.78, 5) is 27.2. The standard InChI is InChI=1S/C19H18N2O4S/c1-13(14-7-2-4-9-16(14)21(23)24)25-19(22)12-6-11-18-20-15-8-3-5-10-17(15)26-18/h2-5,7-10,13H,6,11-12H2,1H3. The highest BCUT2D eigenvalue weighted by Gasteiger charge is 2.21. The average molecular weight is 370 g/mol. The molecule has 6 nitrogen and oxygen atoms in total. The molecule has 0 saturated heterocycles. The van der Waals surface area contributed by atoms with Crippen molar-refractivity contribution < 1.29 is 14.5 Å². The van der Waals surface area contributed by atoms with Gasteiger partial charge in [0.25, 0.3) is 5.69 Å². The number of para-hydroxylation sites is 2. The van der Waals surface area contributed by atoms with Gasteiger partial charge in [-0.3, -0.25) is 14.9 Å². The predicted octanol–water partition coefficient (Wildman–Crippen LogP) is 4.83. The summed E-state index contributed by atoms with van der Waals surface area (Å²) in [7, 11) is 0. The van der Waals surface area contributed by atoms with Gasteiger partial charge in [0, 0.05) is 12.5 Å². The van der Waals surface area contributed by atoms with Crippen molar-refractivity contribution >= 4 is 33.2 Å². The largest absolute Gasteiger partial charge is 0.458 e. The quantitative estimate of drug-likeness (QED) is 0.338. The first-order chi connectivity index (χ1) is 12.5. The summed E-state index contributed by atoms with van der Waals surface area (Å²) in [6.07, 6.45) is 0.920. The minimum Gasteiger partial charge on any atom is -0.458 e. The van der Waals surface area contributed by atoms with Crippen molar-refractivity contribution in [3.63, 3.8) is 0 Å². The number of nitrogens with zero attached hydrogens (tertiary/aromatic N) is 2. The summed E-state index contributed by atoms with van der Waals surface area (Å²) in [5, 5.41) is 12.1. The minimum absolute atomic E-state index is 0.0396. The molecule has 0 aliphatic heterocycles. The number of hydrogen-bond donors (Lipinski definition) is 0. The number of ether oxygens (including phenoxy) is 1. The van der Waals surface area contributed by atoms with Gasteiger partial charge in [-0.2, -0.15) is 0 Å². The second-order valence-corrected chi connectivity index (χ2v) is 6.99. The fourth-order valence-electron chi connectivity index (χ4n) is 2.73. The molecule has 2 aromatic carbocycles. The van der Waals surface area contributed by atoms with E-state index in [1.807, 2.05) is 24.3 Å². The number of carbonyl (C=O) groups is 1. The molecule has 26 heavy (non-hydrogen) atoms. The molecule has 0 amide bonds. The molecule has 0 fully saturated rings. The van der Waals surface area contributed by atoms with E-state index in [9.17, 15) is 14.9 Å². The van der Waals surface area contributed by atoms with Crippen LogP contribution in [0.15, 0.2) is 48.5 Å². The molecule has 1 aromatic heterocycles. The molecule has 134 valence electrons. The van der Waals surface area contributed by atoms with Crippen molar-refractivity contribution in [2.24, 2.45) is 0 Å². The number of fused-ring (bicyclic) bond motifs is 1. The van der Waals surface area contributed by atoms with Crippen LogP contribution in [-0.4, -0.2) is 15.9 Å². The lowest BCUT2D eigenvalue weighted by atomic mass is 10.1. The Balaban J connectivity index is 1.53. The molecule has 1 heterocycles. The first-order valence-corrected chi connectivity index (χ1v) is 9.13. The number of benzene rings is 2. The van der Waals surface area contributed by atoms with E-state index >= 15 is 0 Å². The van der Waals surface area contributed by atoms with Gasteiger partial charge in [0.2, 0.25) is 0 Å². The number of aromatic nitrogens is 1. The second-order valence-electron chi connectivity index (χ2n) is 5.88. The topological polar surface area (TPSA) is 82.3 Å². The van der Waals surface area contributed by atoms with Crippen LogP contribution in [0.1, 0.15) is 36.4 Å². The van der Waals surface area contributed by atoms with Gasteiger partial charge >= 0.3 is 5.97 Å². The summed E-state index contributed by atoms with van der Waals surface area (Å²) < 4.78 is 6.50. The van der Waals surface area contributed by atoms with E-state index in [1.54, 1.807) is 36.5 Å². The van der Waals surface area contributed by atoms with Crippen LogP contribution in [-0.2, 0) is 16.0 Å². The summed E-state index contributed by atoms with van der Waals surface area (Å²) in [5.41, 5.74) is 1.33. The third-order valence-electron chi connectivity index (χ3n) is 3.99. The van der Waals surface area contributed by atoms with Gasteiger partial charge < -0.3 is 4.74 Å². The van der Waals surface area contributed by atoms with Gasteiger partial charge in [0.15, 0.2) is 0 Å². The Kier molecular flexibility index (Phi) is 5.58. The second kappa shape index (κ2) is 8.05. The number of carbonyl (C=O) groups excluding carboxylic acids is 1. The Morgan fingerprint density at radius 1 is 1.23 bits per heavy atom. The molecule has 0 N–H and O–H groups in total. The number of rotatable bonds is 7. The zero-order chi connectivity index (χ0) is 18.5. The lowest BCUT2D eigenvalue weighted by Crippen LogP contribution is -2.10. The van der Waals surface area contributed by atoms with E-state index in [1.165, 1.54) is 6.07 Å². The molecular weight excluding hydrogens is 352 g/mol. The average Bonchev–Trinajstić information content (AvgIpc) is 3.04. The molecule has 3 rings (SSSR count). The number of nitro groups is 1. The molecule has 0 radical (unpaired) electrons. The maximum Gasteiger partial charge on any atom is 0.306 e. The minimum atomic E-state index is -0.661. The Morgan fingerprint density at radius 3 is 2.73 bits per heavy atom. The highest BCUT2D eigenvalue weighted by atomic mass is 32.1.